The van der Waals surface area contributed by atoms with Crippen LogP contribution in [0.1, 0.15) is 11.1 Å². The van der Waals surface area contributed by atoms with Gasteiger partial charge < -0.3 is 15.2 Å². The van der Waals surface area contributed by atoms with Crippen LogP contribution in [-0.2, 0) is 13.2 Å². The van der Waals surface area contributed by atoms with Crippen molar-refractivity contribution in [2.45, 2.75) is 13.2 Å². The molecule has 0 unspecified atom stereocenters. The second-order valence-electron chi connectivity index (χ2n) is 4.29. The Kier molecular flexibility index (Phi) is 5.46. The molecule has 0 heterocycles. The van der Waals surface area contributed by atoms with Crippen molar-refractivity contribution in [3.05, 3.63) is 56.5 Å². The van der Waals surface area contributed by atoms with E-state index in [0.29, 0.717) is 6.54 Å². The molecular weight excluding hydrogens is 386 g/mol. The van der Waals surface area contributed by atoms with E-state index in [4.69, 9.17) is 9.84 Å². The molecule has 0 aromatic heterocycles. The number of hydrogen-bond donors (Lipinski definition) is 2. The Bertz CT molecular complexity index is 602. The zero-order valence-electron chi connectivity index (χ0n) is 11.0. The molecule has 0 fully saturated rings. The molecule has 20 heavy (non-hydrogen) atoms. The van der Waals surface area contributed by atoms with Crippen molar-refractivity contribution in [2.75, 3.05) is 12.4 Å². The van der Waals surface area contributed by atoms with Gasteiger partial charge in [-0.05, 0) is 45.8 Å². The lowest BCUT2D eigenvalue weighted by Crippen LogP contribution is -2.02. The molecule has 0 bridgehead atoms. The predicted molar refractivity (Wildman–Crippen MR) is 88.1 cm³/mol. The first-order chi connectivity index (χ1) is 9.63. The number of anilines is 1. The van der Waals surface area contributed by atoms with Crippen molar-refractivity contribution in [3.63, 3.8) is 0 Å². The van der Waals surface area contributed by atoms with E-state index >= 15 is 0 Å². The van der Waals surface area contributed by atoms with Crippen LogP contribution in [0.5, 0.6) is 5.75 Å². The zero-order valence-corrected chi connectivity index (χ0v) is 14.2. The zero-order chi connectivity index (χ0) is 14.5. The number of halogens is 2. The van der Waals surface area contributed by atoms with Crippen LogP contribution in [0.15, 0.2) is 45.3 Å². The summed E-state index contributed by atoms with van der Waals surface area (Å²) in [5, 5.41) is 12.5. The Morgan fingerprint density at radius 2 is 2.00 bits per heavy atom. The fourth-order valence-electron chi connectivity index (χ4n) is 1.95. The third-order valence-electron chi connectivity index (χ3n) is 2.88. The minimum Gasteiger partial charge on any atom is -0.495 e. The third-order valence-corrected chi connectivity index (χ3v) is 3.93. The highest BCUT2D eigenvalue weighted by molar-refractivity contribution is 9.11. The summed E-state index contributed by atoms with van der Waals surface area (Å²) in [6, 6.07) is 11.7. The average Bonchev–Trinajstić information content (AvgIpc) is 2.45. The molecule has 0 amide bonds. The molecule has 0 aliphatic heterocycles. The standard InChI is InChI=1S/C15H15Br2NO2/c1-20-15-11(6-12(16)7-14(15)17)8-18-13-4-2-3-10(5-13)9-19/h2-7,18-19H,8-9H2,1H3. The van der Waals surface area contributed by atoms with E-state index in [1.54, 1.807) is 7.11 Å². The molecule has 3 nitrogen and oxygen atoms in total. The lowest BCUT2D eigenvalue weighted by Gasteiger charge is -2.13. The molecule has 0 aliphatic carbocycles. The van der Waals surface area contributed by atoms with Crippen LogP contribution in [0.2, 0.25) is 0 Å². The van der Waals surface area contributed by atoms with Crippen LogP contribution in [-0.4, -0.2) is 12.2 Å². The van der Waals surface area contributed by atoms with Gasteiger partial charge in [0.05, 0.1) is 18.2 Å². The Hall–Kier alpha value is -1.04. The normalized spacial score (nSPS) is 10.4. The summed E-state index contributed by atoms with van der Waals surface area (Å²) in [4.78, 5) is 0. The molecule has 0 radical (unpaired) electrons. The molecule has 106 valence electrons. The number of aliphatic hydroxyl groups is 1. The molecule has 2 N–H and O–H groups in total. The fraction of sp³-hybridized carbons (Fsp3) is 0.200. The summed E-state index contributed by atoms with van der Waals surface area (Å²) in [7, 11) is 1.66. The first kappa shape index (κ1) is 15.4. The van der Waals surface area contributed by atoms with Crippen molar-refractivity contribution < 1.29 is 9.84 Å². The van der Waals surface area contributed by atoms with Crippen molar-refractivity contribution in [1.29, 1.82) is 0 Å². The van der Waals surface area contributed by atoms with Crippen LogP contribution in [0.3, 0.4) is 0 Å². The maximum absolute atomic E-state index is 9.14. The van der Waals surface area contributed by atoms with Crippen LogP contribution in [0, 0.1) is 0 Å². The van der Waals surface area contributed by atoms with Crippen molar-refractivity contribution in [3.8, 4) is 5.75 Å². The quantitative estimate of drug-likeness (QED) is 0.784. The Labute approximate surface area is 135 Å². The smallest absolute Gasteiger partial charge is 0.138 e. The number of benzene rings is 2. The van der Waals surface area contributed by atoms with Crippen LogP contribution in [0.4, 0.5) is 5.69 Å². The van der Waals surface area contributed by atoms with E-state index in [1.807, 2.05) is 36.4 Å². The number of ether oxygens (including phenoxy) is 1. The first-order valence-electron chi connectivity index (χ1n) is 6.09. The summed E-state index contributed by atoms with van der Waals surface area (Å²) in [5.41, 5.74) is 2.90. The van der Waals surface area contributed by atoms with Gasteiger partial charge in [0.25, 0.3) is 0 Å². The molecule has 0 saturated heterocycles. The Balaban J connectivity index is 2.18. The van der Waals surface area contributed by atoms with Crippen LogP contribution in [0.25, 0.3) is 0 Å². The number of nitrogens with one attached hydrogen (secondary N) is 1. The van der Waals surface area contributed by atoms with Crippen LogP contribution < -0.4 is 10.1 Å². The molecule has 0 aliphatic rings. The predicted octanol–water partition coefficient (Wildman–Crippen LogP) is 4.32. The van der Waals surface area contributed by atoms with Gasteiger partial charge in [-0.2, -0.15) is 0 Å². The summed E-state index contributed by atoms with van der Waals surface area (Å²) < 4.78 is 7.32. The number of methoxy groups -OCH3 is 1. The van der Waals surface area contributed by atoms with Gasteiger partial charge in [-0.3, -0.25) is 0 Å². The summed E-state index contributed by atoms with van der Waals surface area (Å²) >= 11 is 6.97. The average molecular weight is 401 g/mol. The Morgan fingerprint density at radius 3 is 2.70 bits per heavy atom. The summed E-state index contributed by atoms with van der Waals surface area (Å²) in [6.07, 6.45) is 0. The molecule has 2 rings (SSSR count). The van der Waals surface area contributed by atoms with Gasteiger partial charge >= 0.3 is 0 Å². The van der Waals surface area contributed by atoms with Crippen molar-refractivity contribution >= 4 is 37.5 Å². The highest BCUT2D eigenvalue weighted by Crippen LogP contribution is 2.33. The van der Waals surface area contributed by atoms with Gasteiger partial charge in [0.1, 0.15) is 5.75 Å². The van der Waals surface area contributed by atoms with Gasteiger partial charge in [0.15, 0.2) is 0 Å². The van der Waals surface area contributed by atoms with Gasteiger partial charge in [-0.25, -0.2) is 0 Å². The summed E-state index contributed by atoms with van der Waals surface area (Å²) in [6.45, 7) is 0.678. The monoisotopic (exact) mass is 399 g/mol. The first-order valence-corrected chi connectivity index (χ1v) is 7.68. The molecule has 5 heteroatoms. The van der Waals surface area contributed by atoms with E-state index in [9.17, 15) is 0 Å². The van der Waals surface area contributed by atoms with E-state index in [1.165, 1.54) is 0 Å². The van der Waals surface area contributed by atoms with E-state index in [-0.39, 0.29) is 6.61 Å². The SMILES string of the molecule is COc1c(Br)cc(Br)cc1CNc1cccc(CO)c1. The highest BCUT2D eigenvalue weighted by atomic mass is 79.9. The highest BCUT2D eigenvalue weighted by Gasteiger charge is 2.09. The van der Waals surface area contributed by atoms with Gasteiger partial charge in [-0.15, -0.1) is 0 Å². The van der Waals surface area contributed by atoms with Gasteiger partial charge in [0, 0.05) is 22.3 Å². The molecule has 0 saturated carbocycles. The van der Waals surface area contributed by atoms with E-state index in [0.717, 1.165) is 31.5 Å². The van der Waals surface area contributed by atoms with E-state index < -0.39 is 0 Å². The summed E-state index contributed by atoms with van der Waals surface area (Å²) in [5.74, 6) is 0.819. The second kappa shape index (κ2) is 7.11. The molecule has 2 aromatic carbocycles. The second-order valence-corrected chi connectivity index (χ2v) is 6.06. The number of hydrogen-bond acceptors (Lipinski definition) is 3. The minimum atomic E-state index is 0.0429. The van der Waals surface area contributed by atoms with Gasteiger partial charge in [0.2, 0.25) is 0 Å². The Morgan fingerprint density at radius 1 is 1.20 bits per heavy atom. The number of aliphatic hydroxyl groups excluding tert-OH is 1. The largest absolute Gasteiger partial charge is 0.495 e. The number of rotatable bonds is 5. The molecular formula is C15H15Br2NO2. The topological polar surface area (TPSA) is 41.5 Å². The maximum Gasteiger partial charge on any atom is 0.138 e. The van der Waals surface area contributed by atoms with Gasteiger partial charge in [-0.1, -0.05) is 28.1 Å². The third kappa shape index (κ3) is 3.75. The molecule has 0 spiro atoms. The fourth-order valence-corrected chi connectivity index (χ4v) is 3.43. The molecule has 0 atom stereocenters. The van der Waals surface area contributed by atoms with E-state index in [2.05, 4.69) is 37.2 Å². The minimum absolute atomic E-state index is 0.0429. The lowest BCUT2D eigenvalue weighted by molar-refractivity contribution is 0.282. The molecule has 2 aromatic rings. The van der Waals surface area contributed by atoms with Crippen LogP contribution >= 0.6 is 31.9 Å². The van der Waals surface area contributed by atoms with Crippen molar-refractivity contribution in [1.82, 2.24) is 0 Å². The lowest BCUT2D eigenvalue weighted by atomic mass is 10.1. The maximum atomic E-state index is 9.14. The van der Waals surface area contributed by atoms with Crippen molar-refractivity contribution in [2.24, 2.45) is 0 Å².